The van der Waals surface area contributed by atoms with Crippen molar-refractivity contribution in [3.8, 4) is 0 Å². The molecule has 17 heavy (non-hydrogen) atoms. The normalized spacial score (nSPS) is 19.4. The highest BCUT2D eigenvalue weighted by Gasteiger charge is 2.31. The first kappa shape index (κ1) is 11.9. The van der Waals surface area contributed by atoms with E-state index in [0.29, 0.717) is 18.5 Å². The van der Waals surface area contributed by atoms with Gasteiger partial charge in [-0.15, -0.1) is 0 Å². The number of aliphatic carboxylic acids is 1. The number of amides is 1. The SMILES string of the molecule is O=C(O)[C@@H]1CCN(C(=O)c2cccnc2Cl)C1. The van der Waals surface area contributed by atoms with Crippen LogP contribution in [0.1, 0.15) is 16.8 Å². The van der Waals surface area contributed by atoms with Gasteiger partial charge in [0.25, 0.3) is 5.91 Å². The molecule has 2 rings (SSSR count). The topological polar surface area (TPSA) is 70.5 Å². The largest absolute Gasteiger partial charge is 0.481 e. The Bertz CT molecular complexity index is 464. The second-order valence-corrected chi connectivity index (χ2v) is 4.27. The Kier molecular flexibility index (Phi) is 3.28. The van der Waals surface area contributed by atoms with E-state index in [1.54, 1.807) is 12.1 Å². The van der Waals surface area contributed by atoms with Crippen molar-refractivity contribution in [1.82, 2.24) is 9.88 Å². The molecule has 1 saturated heterocycles. The highest BCUT2D eigenvalue weighted by Crippen LogP contribution is 2.21. The van der Waals surface area contributed by atoms with Crippen LogP contribution in [0.4, 0.5) is 0 Å². The summed E-state index contributed by atoms with van der Waals surface area (Å²) in [6, 6.07) is 3.22. The van der Waals surface area contributed by atoms with Crippen LogP contribution in [0.5, 0.6) is 0 Å². The Labute approximate surface area is 103 Å². The van der Waals surface area contributed by atoms with Crippen molar-refractivity contribution >= 4 is 23.5 Å². The second-order valence-electron chi connectivity index (χ2n) is 3.92. The van der Waals surface area contributed by atoms with Gasteiger partial charge in [0.2, 0.25) is 0 Å². The summed E-state index contributed by atoms with van der Waals surface area (Å²) >= 11 is 5.82. The molecule has 0 radical (unpaired) electrons. The Morgan fingerprint density at radius 3 is 2.88 bits per heavy atom. The Morgan fingerprint density at radius 1 is 1.53 bits per heavy atom. The molecule has 0 spiro atoms. The van der Waals surface area contributed by atoms with E-state index in [1.165, 1.54) is 11.1 Å². The van der Waals surface area contributed by atoms with E-state index in [2.05, 4.69) is 4.98 Å². The van der Waals surface area contributed by atoms with Crippen LogP contribution in [0.2, 0.25) is 5.15 Å². The maximum absolute atomic E-state index is 12.0. The van der Waals surface area contributed by atoms with Crippen LogP contribution in [0.3, 0.4) is 0 Å². The molecule has 0 aliphatic carbocycles. The summed E-state index contributed by atoms with van der Waals surface area (Å²) in [6.07, 6.45) is 1.99. The van der Waals surface area contributed by atoms with Gasteiger partial charge in [0.05, 0.1) is 11.5 Å². The Hall–Kier alpha value is -1.62. The molecular formula is C11H11ClN2O3. The van der Waals surface area contributed by atoms with Gasteiger partial charge in [-0.3, -0.25) is 9.59 Å². The number of carboxylic acid groups (broad SMARTS) is 1. The van der Waals surface area contributed by atoms with Crippen molar-refractivity contribution in [3.63, 3.8) is 0 Å². The minimum absolute atomic E-state index is 0.149. The summed E-state index contributed by atoms with van der Waals surface area (Å²) < 4.78 is 0. The molecule has 0 saturated carbocycles. The van der Waals surface area contributed by atoms with Gasteiger partial charge in [-0.25, -0.2) is 4.98 Å². The van der Waals surface area contributed by atoms with Gasteiger partial charge in [-0.1, -0.05) is 11.6 Å². The molecule has 0 unspecified atom stereocenters. The molecule has 2 heterocycles. The third kappa shape index (κ3) is 2.39. The molecule has 1 N–H and O–H groups in total. The average molecular weight is 255 g/mol. The number of likely N-dealkylation sites (tertiary alicyclic amines) is 1. The fraction of sp³-hybridized carbons (Fsp3) is 0.364. The lowest BCUT2D eigenvalue weighted by Gasteiger charge is -2.16. The molecule has 5 nitrogen and oxygen atoms in total. The Balaban J connectivity index is 2.13. The number of hydrogen-bond acceptors (Lipinski definition) is 3. The molecule has 0 aromatic carbocycles. The summed E-state index contributed by atoms with van der Waals surface area (Å²) in [4.78, 5) is 28.2. The van der Waals surface area contributed by atoms with E-state index in [0.717, 1.165) is 0 Å². The fourth-order valence-electron chi connectivity index (χ4n) is 1.86. The number of carbonyl (C=O) groups excluding carboxylic acids is 1. The van der Waals surface area contributed by atoms with Crippen LogP contribution < -0.4 is 0 Å². The molecule has 90 valence electrons. The number of pyridine rings is 1. The monoisotopic (exact) mass is 254 g/mol. The maximum Gasteiger partial charge on any atom is 0.308 e. The number of nitrogens with zero attached hydrogens (tertiary/aromatic N) is 2. The van der Waals surface area contributed by atoms with Crippen LogP contribution in [-0.2, 0) is 4.79 Å². The second kappa shape index (κ2) is 4.71. The van der Waals surface area contributed by atoms with Gasteiger partial charge in [-0.05, 0) is 18.6 Å². The summed E-state index contributed by atoms with van der Waals surface area (Å²) in [5.74, 6) is -1.60. The maximum atomic E-state index is 12.0. The van der Waals surface area contributed by atoms with Gasteiger partial charge in [-0.2, -0.15) is 0 Å². The minimum atomic E-state index is -0.863. The zero-order valence-electron chi connectivity index (χ0n) is 8.97. The first-order chi connectivity index (χ1) is 8.09. The van der Waals surface area contributed by atoms with Crippen LogP contribution >= 0.6 is 11.6 Å². The van der Waals surface area contributed by atoms with Crippen LogP contribution in [0.25, 0.3) is 0 Å². The standard InChI is InChI=1S/C11H11ClN2O3/c12-9-8(2-1-4-13-9)10(15)14-5-3-7(6-14)11(16)17/h1-2,4,7H,3,5-6H2,(H,16,17)/t7-/m1/s1. The van der Waals surface area contributed by atoms with Gasteiger partial charge in [0.15, 0.2) is 0 Å². The summed E-state index contributed by atoms with van der Waals surface area (Å²) in [5.41, 5.74) is 0.320. The summed E-state index contributed by atoms with van der Waals surface area (Å²) in [5, 5.41) is 9.01. The average Bonchev–Trinajstić information content (AvgIpc) is 2.78. The van der Waals surface area contributed by atoms with Crippen LogP contribution in [-0.4, -0.2) is 40.0 Å². The summed E-state index contributed by atoms with van der Waals surface area (Å²) in [7, 11) is 0. The predicted molar refractivity (Wildman–Crippen MR) is 60.9 cm³/mol. The lowest BCUT2D eigenvalue weighted by atomic mass is 10.1. The van der Waals surface area contributed by atoms with Gasteiger partial charge in [0.1, 0.15) is 5.15 Å². The molecule has 1 aromatic heterocycles. The highest BCUT2D eigenvalue weighted by molar-refractivity contribution is 6.32. The molecule has 6 heteroatoms. The van der Waals surface area contributed by atoms with Crippen molar-refractivity contribution < 1.29 is 14.7 Å². The smallest absolute Gasteiger partial charge is 0.308 e. The predicted octanol–water partition coefficient (Wildman–Crippen LogP) is 1.28. The lowest BCUT2D eigenvalue weighted by Crippen LogP contribution is -2.30. The first-order valence-electron chi connectivity index (χ1n) is 5.22. The van der Waals surface area contributed by atoms with Crippen LogP contribution in [0, 0.1) is 5.92 Å². The number of carboxylic acids is 1. The molecule has 1 aromatic rings. The number of carbonyl (C=O) groups is 2. The van der Waals surface area contributed by atoms with Crippen molar-refractivity contribution in [1.29, 1.82) is 0 Å². The molecule has 0 bridgehead atoms. The number of hydrogen-bond donors (Lipinski definition) is 1. The third-order valence-corrected chi connectivity index (χ3v) is 3.12. The van der Waals surface area contributed by atoms with E-state index in [-0.39, 0.29) is 17.6 Å². The van der Waals surface area contributed by atoms with Crippen LogP contribution in [0.15, 0.2) is 18.3 Å². The highest BCUT2D eigenvalue weighted by atomic mass is 35.5. The zero-order valence-corrected chi connectivity index (χ0v) is 9.72. The van der Waals surface area contributed by atoms with Gasteiger partial charge < -0.3 is 10.0 Å². The van der Waals surface area contributed by atoms with Crippen molar-refractivity contribution in [2.75, 3.05) is 13.1 Å². The van der Waals surface area contributed by atoms with Gasteiger partial charge >= 0.3 is 5.97 Å². The molecule has 1 fully saturated rings. The van der Waals surface area contributed by atoms with E-state index in [1.807, 2.05) is 0 Å². The van der Waals surface area contributed by atoms with Crippen molar-refractivity contribution in [2.24, 2.45) is 5.92 Å². The molecule has 1 aliphatic rings. The fourth-order valence-corrected chi connectivity index (χ4v) is 2.06. The van der Waals surface area contributed by atoms with E-state index in [4.69, 9.17) is 16.7 Å². The minimum Gasteiger partial charge on any atom is -0.481 e. The number of halogens is 1. The van der Waals surface area contributed by atoms with Gasteiger partial charge in [0, 0.05) is 19.3 Å². The molecule has 1 amide bonds. The quantitative estimate of drug-likeness (QED) is 0.807. The third-order valence-electron chi connectivity index (χ3n) is 2.81. The number of rotatable bonds is 2. The molecular weight excluding hydrogens is 244 g/mol. The number of aromatic nitrogens is 1. The van der Waals surface area contributed by atoms with E-state index < -0.39 is 11.9 Å². The molecule has 1 atom stereocenters. The Morgan fingerprint density at radius 2 is 2.29 bits per heavy atom. The molecule has 1 aliphatic heterocycles. The van der Waals surface area contributed by atoms with E-state index in [9.17, 15) is 9.59 Å². The van der Waals surface area contributed by atoms with E-state index >= 15 is 0 Å². The van der Waals surface area contributed by atoms with Crippen molar-refractivity contribution in [3.05, 3.63) is 29.0 Å². The lowest BCUT2D eigenvalue weighted by molar-refractivity contribution is -0.141. The van der Waals surface area contributed by atoms with Crippen molar-refractivity contribution in [2.45, 2.75) is 6.42 Å². The summed E-state index contributed by atoms with van der Waals surface area (Å²) in [6.45, 7) is 0.681. The first-order valence-corrected chi connectivity index (χ1v) is 5.60. The zero-order chi connectivity index (χ0) is 12.4.